The van der Waals surface area contributed by atoms with E-state index in [0.717, 1.165) is 5.56 Å². The van der Waals surface area contributed by atoms with E-state index in [2.05, 4.69) is 24.9 Å². The maximum Gasteiger partial charge on any atom is 0.243 e. The lowest BCUT2D eigenvalue weighted by atomic mass is 10.2. The number of aromatic nitrogens is 5. The summed E-state index contributed by atoms with van der Waals surface area (Å²) in [6, 6.07) is 4.79. The number of anilines is 1. The number of rotatable bonds is 9. The fourth-order valence-corrected chi connectivity index (χ4v) is 5.03. The number of amides is 1. The molecule has 1 N–H and O–H groups in total. The minimum atomic E-state index is -3.94. The maximum absolute atomic E-state index is 13.3. The van der Waals surface area contributed by atoms with Gasteiger partial charge in [-0.3, -0.25) is 14.1 Å². The number of nitrogens with zero attached hydrogens (tertiary/aromatic N) is 6. The molecule has 0 radical (unpaired) electrons. The molecule has 192 valence electrons. The Morgan fingerprint density at radius 3 is 2.33 bits per heavy atom. The molecule has 12 nitrogen and oxygen atoms in total. The number of hydrogen-bond donors (Lipinski definition) is 1. The number of sulfonamides is 1. The molecule has 4 rings (SSSR count). The van der Waals surface area contributed by atoms with Crippen LogP contribution in [0.15, 0.2) is 30.6 Å². The van der Waals surface area contributed by atoms with Gasteiger partial charge in [0, 0.05) is 32.3 Å². The van der Waals surface area contributed by atoms with Gasteiger partial charge in [-0.15, -0.1) is 10.2 Å². The average molecular weight is 516 g/mol. The molecule has 1 amide bonds. The predicted molar refractivity (Wildman–Crippen MR) is 132 cm³/mol. The van der Waals surface area contributed by atoms with Crippen molar-refractivity contribution in [3.05, 3.63) is 47.8 Å². The molecule has 3 aromatic rings. The summed E-state index contributed by atoms with van der Waals surface area (Å²) in [4.78, 5) is 22.3. The van der Waals surface area contributed by atoms with Crippen LogP contribution in [0.25, 0.3) is 5.69 Å². The van der Waals surface area contributed by atoms with Crippen LogP contribution in [0.2, 0.25) is 0 Å². The number of carbonyl (C=O) groups excluding carboxylic acids is 1. The van der Waals surface area contributed by atoms with Gasteiger partial charge in [0.25, 0.3) is 0 Å². The monoisotopic (exact) mass is 515 g/mol. The normalized spacial score (nSPS) is 16.8. The third-order valence-corrected chi connectivity index (χ3v) is 7.86. The Labute approximate surface area is 209 Å². The van der Waals surface area contributed by atoms with Crippen molar-refractivity contribution >= 4 is 21.9 Å². The summed E-state index contributed by atoms with van der Waals surface area (Å²) in [5, 5.41) is 7.61. The van der Waals surface area contributed by atoms with Crippen LogP contribution in [0.1, 0.15) is 43.0 Å². The largest absolute Gasteiger partial charge is 0.494 e. The Kier molecular flexibility index (Phi) is 7.11. The van der Waals surface area contributed by atoms with E-state index in [0.29, 0.717) is 41.7 Å². The molecule has 2 atom stereocenters. The molecule has 0 saturated carbocycles. The zero-order chi connectivity index (χ0) is 26.0. The number of carbonyl (C=O) groups is 1. The second kappa shape index (κ2) is 10.1. The van der Waals surface area contributed by atoms with E-state index >= 15 is 0 Å². The lowest BCUT2D eigenvalue weighted by Gasteiger charge is -2.23. The van der Waals surface area contributed by atoms with Gasteiger partial charge in [-0.2, -0.15) is 0 Å². The molecular weight excluding hydrogens is 486 g/mol. The van der Waals surface area contributed by atoms with E-state index in [1.807, 2.05) is 6.92 Å². The first-order valence-corrected chi connectivity index (χ1v) is 12.9. The Morgan fingerprint density at radius 2 is 1.78 bits per heavy atom. The number of ether oxygens (including phenoxy) is 2. The highest BCUT2D eigenvalue weighted by molar-refractivity contribution is 7.93. The van der Waals surface area contributed by atoms with E-state index in [1.165, 1.54) is 14.2 Å². The molecule has 0 unspecified atom stereocenters. The highest BCUT2D eigenvalue weighted by Gasteiger charge is 2.36. The van der Waals surface area contributed by atoms with Crippen LogP contribution in [-0.2, 0) is 21.2 Å². The molecule has 1 aromatic carbocycles. The van der Waals surface area contributed by atoms with Gasteiger partial charge in [-0.1, -0.05) is 6.07 Å². The number of aryl methyl sites for hydroxylation is 1. The van der Waals surface area contributed by atoms with Crippen molar-refractivity contribution in [3.63, 3.8) is 0 Å². The van der Waals surface area contributed by atoms with Crippen molar-refractivity contribution in [2.75, 3.05) is 26.0 Å². The molecule has 1 saturated heterocycles. The van der Waals surface area contributed by atoms with E-state index in [-0.39, 0.29) is 18.3 Å². The summed E-state index contributed by atoms with van der Waals surface area (Å²) < 4.78 is 41.9. The Bertz CT molecular complexity index is 1340. The number of benzene rings is 1. The van der Waals surface area contributed by atoms with Crippen LogP contribution in [0.4, 0.5) is 5.95 Å². The van der Waals surface area contributed by atoms with Gasteiger partial charge in [0.2, 0.25) is 21.9 Å². The van der Waals surface area contributed by atoms with Crippen molar-refractivity contribution in [1.82, 2.24) is 29.6 Å². The number of para-hydroxylation sites is 1. The molecule has 3 heterocycles. The quantitative estimate of drug-likeness (QED) is 0.453. The SMILES string of the molecule is COc1cccc(OC)c1-n1c(NS(=O)(=O)[C@@H](C)Cc2ncc(C)cn2)nnc1[C@H]1CCC(=O)N1C. The summed E-state index contributed by atoms with van der Waals surface area (Å²) in [6.07, 6.45) is 4.26. The van der Waals surface area contributed by atoms with Gasteiger partial charge in [0.1, 0.15) is 23.0 Å². The fourth-order valence-electron chi connectivity index (χ4n) is 4.08. The van der Waals surface area contributed by atoms with Crippen LogP contribution in [0, 0.1) is 6.92 Å². The van der Waals surface area contributed by atoms with Crippen molar-refractivity contribution < 1.29 is 22.7 Å². The molecule has 0 spiro atoms. The third kappa shape index (κ3) is 4.83. The summed E-state index contributed by atoms with van der Waals surface area (Å²) in [5.41, 5.74) is 1.30. The van der Waals surface area contributed by atoms with Crippen LogP contribution in [0.3, 0.4) is 0 Å². The Balaban J connectivity index is 1.77. The van der Waals surface area contributed by atoms with E-state index in [1.54, 1.807) is 54.0 Å². The van der Waals surface area contributed by atoms with Crippen molar-refractivity contribution in [3.8, 4) is 17.2 Å². The first kappa shape index (κ1) is 25.4. The standard InChI is InChI=1S/C23H29N7O5S/c1-14-12-24-19(25-13-14)11-15(2)36(32,33)28-23-27-26-22(16-9-10-20(31)29(16)3)30(23)21-17(34-4)7-6-8-18(21)35-5/h6-8,12-13,15-16H,9-11H2,1-5H3,(H,27,28)/t15-,16+/m0/s1. The van der Waals surface area contributed by atoms with Gasteiger partial charge in [-0.05, 0) is 38.0 Å². The zero-order valence-corrected chi connectivity index (χ0v) is 21.6. The third-order valence-electron chi connectivity index (χ3n) is 6.17. The number of hydrogen-bond acceptors (Lipinski definition) is 9. The first-order valence-electron chi connectivity index (χ1n) is 11.4. The molecular formula is C23H29N7O5S. The number of methoxy groups -OCH3 is 2. The second-order valence-electron chi connectivity index (χ2n) is 8.63. The van der Waals surface area contributed by atoms with E-state index in [4.69, 9.17) is 9.47 Å². The van der Waals surface area contributed by atoms with Gasteiger partial charge in [-0.25, -0.2) is 18.4 Å². The van der Waals surface area contributed by atoms with Crippen LogP contribution < -0.4 is 14.2 Å². The molecule has 0 aliphatic carbocycles. The van der Waals surface area contributed by atoms with Crippen molar-refractivity contribution in [1.29, 1.82) is 0 Å². The summed E-state index contributed by atoms with van der Waals surface area (Å²) in [6.45, 7) is 3.43. The van der Waals surface area contributed by atoms with Crippen LogP contribution >= 0.6 is 0 Å². The van der Waals surface area contributed by atoms with Crippen LogP contribution in [0.5, 0.6) is 11.5 Å². The van der Waals surface area contributed by atoms with Crippen molar-refractivity contribution in [2.45, 2.75) is 44.4 Å². The molecule has 1 aliphatic heterocycles. The van der Waals surface area contributed by atoms with Gasteiger partial charge in [0.15, 0.2) is 5.82 Å². The van der Waals surface area contributed by atoms with Gasteiger partial charge < -0.3 is 14.4 Å². The number of nitrogens with one attached hydrogen (secondary N) is 1. The van der Waals surface area contributed by atoms with Crippen molar-refractivity contribution in [2.24, 2.45) is 0 Å². The zero-order valence-electron chi connectivity index (χ0n) is 20.8. The highest BCUT2D eigenvalue weighted by Crippen LogP contribution is 2.39. The van der Waals surface area contributed by atoms with E-state index < -0.39 is 21.3 Å². The fraction of sp³-hybridized carbons (Fsp3) is 0.435. The Hall–Kier alpha value is -3.74. The summed E-state index contributed by atoms with van der Waals surface area (Å²) in [5.74, 6) is 1.57. The maximum atomic E-state index is 13.3. The molecule has 2 aromatic heterocycles. The first-order chi connectivity index (χ1) is 17.2. The molecule has 13 heteroatoms. The predicted octanol–water partition coefficient (Wildman–Crippen LogP) is 2.05. The van der Waals surface area contributed by atoms with Crippen LogP contribution in [-0.4, -0.2) is 70.5 Å². The molecule has 0 bridgehead atoms. The second-order valence-corrected chi connectivity index (χ2v) is 10.7. The molecule has 1 fully saturated rings. The lowest BCUT2D eigenvalue weighted by molar-refractivity contribution is -0.127. The van der Waals surface area contributed by atoms with E-state index in [9.17, 15) is 13.2 Å². The minimum absolute atomic E-state index is 0.0320. The van der Waals surface area contributed by atoms with Gasteiger partial charge >= 0.3 is 0 Å². The number of likely N-dealkylation sites (tertiary alicyclic amines) is 1. The lowest BCUT2D eigenvalue weighted by Crippen LogP contribution is -2.29. The molecule has 1 aliphatic rings. The smallest absolute Gasteiger partial charge is 0.243 e. The summed E-state index contributed by atoms with van der Waals surface area (Å²) in [7, 11) is 0.747. The minimum Gasteiger partial charge on any atom is -0.494 e. The van der Waals surface area contributed by atoms with Gasteiger partial charge in [0.05, 0.1) is 25.5 Å². The molecule has 36 heavy (non-hydrogen) atoms. The average Bonchev–Trinajstić information content (AvgIpc) is 3.41. The topological polar surface area (TPSA) is 141 Å². The highest BCUT2D eigenvalue weighted by atomic mass is 32.2. The summed E-state index contributed by atoms with van der Waals surface area (Å²) >= 11 is 0. The Morgan fingerprint density at radius 1 is 1.14 bits per heavy atom.